The van der Waals surface area contributed by atoms with Gasteiger partial charge in [0.05, 0.1) is 0 Å². The van der Waals surface area contributed by atoms with Crippen LogP contribution in [-0.2, 0) is 0 Å². The zero-order valence-electron chi connectivity index (χ0n) is 13.3. The van der Waals surface area contributed by atoms with Gasteiger partial charge in [-0.3, -0.25) is 0 Å². The van der Waals surface area contributed by atoms with Crippen LogP contribution in [0.25, 0.3) is 0 Å². The van der Waals surface area contributed by atoms with E-state index in [4.69, 9.17) is 14.2 Å². The monoisotopic (exact) mass is 307 g/mol. The molecular weight excluding hydrogens is 282 g/mol. The molecule has 0 spiro atoms. The van der Waals surface area contributed by atoms with Crippen molar-refractivity contribution >= 4 is 0 Å². The van der Waals surface area contributed by atoms with Crippen LogP contribution in [0.3, 0.4) is 0 Å². The average molecular weight is 307 g/mol. The summed E-state index contributed by atoms with van der Waals surface area (Å²) in [5.41, 5.74) is 0. The van der Waals surface area contributed by atoms with Gasteiger partial charge in [0.2, 0.25) is 6.79 Å². The zero-order chi connectivity index (χ0) is 15.5. The molecule has 2 heterocycles. The van der Waals surface area contributed by atoms with E-state index in [1.807, 2.05) is 12.1 Å². The SMILES string of the molecule is C[C@H]1C[C@H](C)CN(C[C@H](O)COc2ccc3c(c2)OCO3)C1. The highest BCUT2D eigenvalue weighted by Gasteiger charge is 2.23. The number of rotatable bonds is 5. The van der Waals surface area contributed by atoms with Gasteiger partial charge in [-0.25, -0.2) is 0 Å². The molecule has 1 aromatic carbocycles. The Morgan fingerprint density at radius 3 is 2.73 bits per heavy atom. The van der Waals surface area contributed by atoms with Crippen molar-refractivity contribution in [2.24, 2.45) is 11.8 Å². The van der Waals surface area contributed by atoms with Gasteiger partial charge in [0.15, 0.2) is 11.5 Å². The number of nitrogens with zero attached hydrogens (tertiary/aromatic N) is 1. The normalized spacial score (nSPS) is 26.0. The Kier molecular flexibility index (Phi) is 4.74. The maximum absolute atomic E-state index is 10.2. The molecule has 5 nitrogen and oxygen atoms in total. The Morgan fingerprint density at radius 2 is 1.95 bits per heavy atom. The summed E-state index contributed by atoms with van der Waals surface area (Å²) in [4.78, 5) is 2.34. The summed E-state index contributed by atoms with van der Waals surface area (Å²) in [6.45, 7) is 7.89. The van der Waals surface area contributed by atoms with Crippen molar-refractivity contribution in [1.82, 2.24) is 4.90 Å². The third-order valence-corrected chi connectivity index (χ3v) is 4.20. The first kappa shape index (κ1) is 15.4. The number of aliphatic hydroxyl groups excluding tert-OH is 1. The van der Waals surface area contributed by atoms with E-state index in [9.17, 15) is 5.11 Å². The Hall–Kier alpha value is -1.46. The molecule has 3 rings (SSSR count). The molecule has 122 valence electrons. The van der Waals surface area contributed by atoms with Crippen LogP contribution in [0.2, 0.25) is 0 Å². The van der Waals surface area contributed by atoms with Crippen LogP contribution in [0.15, 0.2) is 18.2 Å². The summed E-state index contributed by atoms with van der Waals surface area (Å²) in [6, 6.07) is 5.48. The number of β-amino-alcohol motifs (C(OH)–C–C–N with tert-alkyl or cyclic N) is 1. The molecule has 3 atom stereocenters. The number of ether oxygens (including phenoxy) is 3. The summed E-state index contributed by atoms with van der Waals surface area (Å²) in [7, 11) is 0. The number of fused-ring (bicyclic) bond motifs is 1. The van der Waals surface area contributed by atoms with Gasteiger partial charge in [-0.15, -0.1) is 0 Å². The predicted octanol–water partition coefficient (Wildman–Crippen LogP) is 2.13. The molecule has 1 fully saturated rings. The predicted molar refractivity (Wildman–Crippen MR) is 83.5 cm³/mol. The van der Waals surface area contributed by atoms with E-state index in [1.165, 1.54) is 6.42 Å². The minimum Gasteiger partial charge on any atom is -0.491 e. The first-order chi connectivity index (χ1) is 10.6. The zero-order valence-corrected chi connectivity index (χ0v) is 13.3. The quantitative estimate of drug-likeness (QED) is 0.903. The molecule has 5 heteroatoms. The van der Waals surface area contributed by atoms with Gasteiger partial charge < -0.3 is 24.2 Å². The fourth-order valence-corrected chi connectivity index (χ4v) is 3.45. The summed E-state index contributed by atoms with van der Waals surface area (Å²) >= 11 is 0. The lowest BCUT2D eigenvalue weighted by atomic mass is 9.92. The van der Waals surface area contributed by atoms with Gasteiger partial charge in [-0.1, -0.05) is 13.8 Å². The number of likely N-dealkylation sites (tertiary alicyclic amines) is 1. The number of hydrogen-bond donors (Lipinski definition) is 1. The molecule has 1 aromatic rings. The van der Waals surface area contributed by atoms with Gasteiger partial charge in [0, 0.05) is 25.7 Å². The second-order valence-corrected chi connectivity index (χ2v) is 6.64. The maximum Gasteiger partial charge on any atom is 0.231 e. The van der Waals surface area contributed by atoms with Gasteiger partial charge in [-0.2, -0.15) is 0 Å². The van der Waals surface area contributed by atoms with Crippen LogP contribution in [0.4, 0.5) is 0 Å². The van der Waals surface area contributed by atoms with E-state index in [1.54, 1.807) is 6.07 Å². The number of aliphatic hydroxyl groups is 1. The molecule has 1 N–H and O–H groups in total. The van der Waals surface area contributed by atoms with Crippen molar-refractivity contribution in [2.45, 2.75) is 26.4 Å². The summed E-state index contributed by atoms with van der Waals surface area (Å²) in [5, 5.41) is 10.2. The van der Waals surface area contributed by atoms with E-state index < -0.39 is 6.10 Å². The number of benzene rings is 1. The highest BCUT2D eigenvalue weighted by Crippen LogP contribution is 2.35. The van der Waals surface area contributed by atoms with Crippen LogP contribution in [0, 0.1) is 11.8 Å². The van der Waals surface area contributed by atoms with Gasteiger partial charge >= 0.3 is 0 Å². The Morgan fingerprint density at radius 1 is 1.23 bits per heavy atom. The molecule has 1 saturated heterocycles. The van der Waals surface area contributed by atoms with Crippen LogP contribution in [0.5, 0.6) is 17.2 Å². The molecule has 0 radical (unpaired) electrons. The highest BCUT2D eigenvalue weighted by molar-refractivity contribution is 5.46. The van der Waals surface area contributed by atoms with Gasteiger partial charge in [-0.05, 0) is 30.4 Å². The fraction of sp³-hybridized carbons (Fsp3) is 0.647. The topological polar surface area (TPSA) is 51.2 Å². The van der Waals surface area contributed by atoms with Crippen LogP contribution in [-0.4, -0.2) is 49.1 Å². The van der Waals surface area contributed by atoms with Crippen molar-refractivity contribution < 1.29 is 19.3 Å². The van der Waals surface area contributed by atoms with Crippen molar-refractivity contribution in [1.29, 1.82) is 0 Å². The third-order valence-electron chi connectivity index (χ3n) is 4.20. The van der Waals surface area contributed by atoms with Crippen molar-refractivity contribution in [2.75, 3.05) is 33.0 Å². The molecule has 0 aromatic heterocycles. The lowest BCUT2D eigenvalue weighted by Gasteiger charge is -2.35. The molecule has 22 heavy (non-hydrogen) atoms. The largest absolute Gasteiger partial charge is 0.491 e. The van der Waals surface area contributed by atoms with Crippen molar-refractivity contribution in [3.05, 3.63) is 18.2 Å². The summed E-state index contributed by atoms with van der Waals surface area (Å²) in [5.74, 6) is 3.54. The molecular formula is C17H25NO4. The van der Waals surface area contributed by atoms with Crippen molar-refractivity contribution in [3.63, 3.8) is 0 Å². The minimum absolute atomic E-state index is 0.257. The Labute approximate surface area is 131 Å². The second kappa shape index (κ2) is 6.75. The standard InChI is InChI=1S/C17H25NO4/c1-12-5-13(2)8-18(7-12)9-14(19)10-20-15-3-4-16-17(6-15)22-11-21-16/h3-4,6,12-14,19H,5,7-11H2,1-2H3/t12-,13-,14-/m0/s1. The Balaban J connectivity index is 1.47. The molecule has 0 unspecified atom stereocenters. The molecule has 2 aliphatic rings. The summed E-state index contributed by atoms with van der Waals surface area (Å²) < 4.78 is 16.3. The second-order valence-electron chi connectivity index (χ2n) is 6.64. The summed E-state index contributed by atoms with van der Waals surface area (Å²) in [6.07, 6.45) is 0.795. The fourth-order valence-electron chi connectivity index (χ4n) is 3.45. The van der Waals surface area contributed by atoms with Gasteiger partial charge in [0.25, 0.3) is 0 Å². The van der Waals surface area contributed by atoms with Gasteiger partial charge in [0.1, 0.15) is 18.5 Å². The van der Waals surface area contributed by atoms with Crippen molar-refractivity contribution in [3.8, 4) is 17.2 Å². The van der Waals surface area contributed by atoms with Crippen LogP contribution < -0.4 is 14.2 Å². The number of hydrogen-bond acceptors (Lipinski definition) is 5. The van der Waals surface area contributed by atoms with Crippen LogP contribution in [0.1, 0.15) is 20.3 Å². The van der Waals surface area contributed by atoms with E-state index in [0.717, 1.165) is 18.8 Å². The molecule has 0 amide bonds. The van der Waals surface area contributed by atoms with E-state index in [0.29, 0.717) is 36.5 Å². The molecule has 0 saturated carbocycles. The lowest BCUT2D eigenvalue weighted by Crippen LogP contribution is -2.43. The third kappa shape index (κ3) is 3.84. The first-order valence-corrected chi connectivity index (χ1v) is 8.03. The molecule has 0 aliphatic carbocycles. The average Bonchev–Trinajstić information content (AvgIpc) is 2.91. The molecule has 0 bridgehead atoms. The molecule has 2 aliphatic heterocycles. The maximum atomic E-state index is 10.2. The minimum atomic E-state index is -0.483. The highest BCUT2D eigenvalue weighted by atomic mass is 16.7. The lowest BCUT2D eigenvalue weighted by molar-refractivity contribution is 0.0428. The first-order valence-electron chi connectivity index (χ1n) is 8.03. The Bertz CT molecular complexity index is 497. The number of piperidine rings is 1. The smallest absolute Gasteiger partial charge is 0.231 e. The van der Waals surface area contributed by atoms with Crippen LogP contribution >= 0.6 is 0 Å². The van der Waals surface area contributed by atoms with E-state index >= 15 is 0 Å². The van der Waals surface area contributed by atoms with E-state index in [-0.39, 0.29) is 6.79 Å². The van der Waals surface area contributed by atoms with E-state index in [2.05, 4.69) is 18.7 Å².